The van der Waals surface area contributed by atoms with Gasteiger partial charge in [0.2, 0.25) is 5.91 Å². The van der Waals surface area contributed by atoms with Crippen LogP contribution in [0.2, 0.25) is 0 Å². The van der Waals surface area contributed by atoms with Gasteiger partial charge in [-0.05, 0) is 37.8 Å². The topological polar surface area (TPSA) is 68.5 Å². The Bertz CT molecular complexity index is 677. The van der Waals surface area contributed by atoms with Crippen molar-refractivity contribution in [3.8, 4) is 5.75 Å². The summed E-state index contributed by atoms with van der Waals surface area (Å²) in [6, 6.07) is 9.84. The Balaban J connectivity index is 1.47. The Morgan fingerprint density at radius 1 is 1.32 bits per heavy atom. The molecule has 1 atom stereocenters. The third kappa shape index (κ3) is 4.98. The molecule has 1 amide bonds. The first-order chi connectivity index (χ1) is 12.3. The van der Waals surface area contributed by atoms with Crippen LogP contribution >= 0.6 is 11.8 Å². The number of nitrogens with zero attached hydrogens (tertiary/aromatic N) is 3. The van der Waals surface area contributed by atoms with E-state index in [4.69, 9.17) is 9.15 Å². The number of rotatable bonds is 7. The van der Waals surface area contributed by atoms with Gasteiger partial charge in [0.15, 0.2) is 6.61 Å². The van der Waals surface area contributed by atoms with Gasteiger partial charge in [-0.3, -0.25) is 4.79 Å². The lowest BCUT2D eigenvalue weighted by atomic mass is 10.0. The summed E-state index contributed by atoms with van der Waals surface area (Å²) in [5.74, 6) is 1.64. The summed E-state index contributed by atoms with van der Waals surface area (Å²) in [6.45, 7) is 3.22. The third-order valence-corrected chi connectivity index (χ3v) is 5.09. The normalized spacial score (nSPS) is 17.5. The number of hydrogen-bond donors (Lipinski definition) is 0. The SMILES string of the molecule is CCC1CCCCN1C(=O)CSc1nnc(COc2ccccc2)o1. The van der Waals surface area contributed by atoms with Crippen molar-refractivity contribution in [2.45, 2.75) is 50.5 Å². The van der Waals surface area contributed by atoms with Crippen molar-refractivity contribution in [1.82, 2.24) is 15.1 Å². The number of thioether (sulfide) groups is 1. The van der Waals surface area contributed by atoms with E-state index in [1.807, 2.05) is 35.2 Å². The summed E-state index contributed by atoms with van der Waals surface area (Å²) in [5.41, 5.74) is 0. The lowest BCUT2D eigenvalue weighted by Gasteiger charge is -2.35. The zero-order valence-electron chi connectivity index (χ0n) is 14.4. The second kappa shape index (κ2) is 8.89. The monoisotopic (exact) mass is 361 g/mol. The fraction of sp³-hybridized carbons (Fsp3) is 0.500. The molecule has 1 fully saturated rings. The summed E-state index contributed by atoms with van der Waals surface area (Å²) >= 11 is 1.29. The van der Waals surface area contributed by atoms with Gasteiger partial charge >= 0.3 is 0 Å². The summed E-state index contributed by atoms with van der Waals surface area (Å²) < 4.78 is 11.1. The molecule has 25 heavy (non-hydrogen) atoms. The van der Waals surface area contributed by atoms with E-state index >= 15 is 0 Å². The minimum Gasteiger partial charge on any atom is -0.484 e. The van der Waals surface area contributed by atoms with Crippen LogP contribution in [0.25, 0.3) is 0 Å². The standard InChI is InChI=1S/C18H23N3O3S/c1-2-14-8-6-7-11-21(14)17(22)13-25-18-20-19-16(24-18)12-23-15-9-4-3-5-10-15/h3-5,9-10,14H,2,6-8,11-13H2,1H3. The van der Waals surface area contributed by atoms with Crippen LogP contribution in [0.1, 0.15) is 38.5 Å². The molecule has 2 heterocycles. The second-order valence-corrected chi connectivity index (χ2v) is 6.92. The molecule has 2 aromatic rings. The Labute approximate surface area is 151 Å². The van der Waals surface area contributed by atoms with E-state index in [1.165, 1.54) is 18.2 Å². The molecule has 0 radical (unpaired) electrons. The molecule has 1 aromatic heterocycles. The second-order valence-electron chi connectivity index (χ2n) is 6.00. The molecule has 134 valence electrons. The highest BCUT2D eigenvalue weighted by molar-refractivity contribution is 7.99. The molecule has 6 nitrogen and oxygen atoms in total. The van der Waals surface area contributed by atoms with Crippen molar-refractivity contribution < 1.29 is 13.9 Å². The molecule has 1 aliphatic rings. The Morgan fingerprint density at radius 2 is 2.16 bits per heavy atom. The maximum absolute atomic E-state index is 12.4. The molecule has 0 N–H and O–H groups in total. The number of ether oxygens (including phenoxy) is 1. The highest BCUT2D eigenvalue weighted by atomic mass is 32.2. The van der Waals surface area contributed by atoms with Gasteiger partial charge in [-0.1, -0.05) is 36.9 Å². The van der Waals surface area contributed by atoms with E-state index in [9.17, 15) is 4.79 Å². The van der Waals surface area contributed by atoms with E-state index in [0.29, 0.717) is 22.9 Å². The van der Waals surface area contributed by atoms with Gasteiger partial charge in [-0.2, -0.15) is 0 Å². The quantitative estimate of drug-likeness (QED) is 0.703. The zero-order chi connectivity index (χ0) is 17.5. The first-order valence-electron chi connectivity index (χ1n) is 8.68. The largest absolute Gasteiger partial charge is 0.484 e. The highest BCUT2D eigenvalue weighted by Crippen LogP contribution is 2.23. The number of hydrogen-bond acceptors (Lipinski definition) is 6. The minimum atomic E-state index is 0.150. The van der Waals surface area contributed by atoms with Crippen LogP contribution in [-0.2, 0) is 11.4 Å². The van der Waals surface area contributed by atoms with Crippen LogP contribution in [0.4, 0.5) is 0 Å². The van der Waals surface area contributed by atoms with Crippen LogP contribution < -0.4 is 4.74 Å². The van der Waals surface area contributed by atoms with E-state index in [2.05, 4.69) is 17.1 Å². The minimum absolute atomic E-state index is 0.150. The Hall–Kier alpha value is -2.02. The summed E-state index contributed by atoms with van der Waals surface area (Å²) in [5, 5.41) is 8.35. The average molecular weight is 361 g/mol. The molecule has 7 heteroatoms. The van der Waals surface area contributed by atoms with Crippen LogP contribution in [0.15, 0.2) is 40.0 Å². The fourth-order valence-electron chi connectivity index (χ4n) is 2.98. The molecule has 0 aliphatic carbocycles. The van der Waals surface area contributed by atoms with Crippen molar-refractivity contribution >= 4 is 17.7 Å². The van der Waals surface area contributed by atoms with Gasteiger partial charge in [0, 0.05) is 12.6 Å². The summed E-state index contributed by atoms with van der Waals surface area (Å²) in [7, 11) is 0. The average Bonchev–Trinajstić information content (AvgIpc) is 3.13. The molecule has 1 unspecified atom stereocenters. The molecule has 0 spiro atoms. The molecule has 3 rings (SSSR count). The van der Waals surface area contributed by atoms with Crippen LogP contribution in [-0.4, -0.2) is 39.3 Å². The van der Waals surface area contributed by atoms with Gasteiger partial charge in [-0.15, -0.1) is 10.2 Å². The van der Waals surface area contributed by atoms with Gasteiger partial charge < -0.3 is 14.1 Å². The van der Waals surface area contributed by atoms with Crippen LogP contribution in [0, 0.1) is 0 Å². The first-order valence-corrected chi connectivity index (χ1v) is 9.67. The van der Waals surface area contributed by atoms with Crippen molar-refractivity contribution in [1.29, 1.82) is 0 Å². The van der Waals surface area contributed by atoms with Crippen LogP contribution in [0.5, 0.6) is 5.75 Å². The molecular weight excluding hydrogens is 338 g/mol. The Morgan fingerprint density at radius 3 is 2.96 bits per heavy atom. The number of carbonyl (C=O) groups excluding carboxylic acids is 1. The number of carbonyl (C=O) groups is 1. The van der Waals surface area contributed by atoms with Gasteiger partial charge in [0.1, 0.15) is 5.75 Å². The zero-order valence-corrected chi connectivity index (χ0v) is 15.2. The predicted molar refractivity (Wildman–Crippen MR) is 95.4 cm³/mol. The van der Waals surface area contributed by atoms with E-state index in [-0.39, 0.29) is 12.5 Å². The van der Waals surface area contributed by atoms with Crippen molar-refractivity contribution in [3.63, 3.8) is 0 Å². The Kier molecular flexibility index (Phi) is 6.33. The number of para-hydroxylation sites is 1. The fourth-order valence-corrected chi connectivity index (χ4v) is 3.64. The number of aromatic nitrogens is 2. The number of piperidine rings is 1. The smallest absolute Gasteiger partial charge is 0.277 e. The van der Waals surface area contributed by atoms with E-state index in [0.717, 1.165) is 31.6 Å². The van der Waals surface area contributed by atoms with Crippen molar-refractivity contribution in [3.05, 3.63) is 36.2 Å². The molecular formula is C18H23N3O3S. The molecule has 0 saturated carbocycles. The molecule has 1 aromatic carbocycles. The first kappa shape index (κ1) is 17.8. The maximum Gasteiger partial charge on any atom is 0.277 e. The molecule has 1 aliphatic heterocycles. The molecule has 0 bridgehead atoms. The highest BCUT2D eigenvalue weighted by Gasteiger charge is 2.25. The van der Waals surface area contributed by atoms with Gasteiger partial charge in [0.25, 0.3) is 11.1 Å². The maximum atomic E-state index is 12.4. The number of likely N-dealkylation sites (tertiary alicyclic amines) is 1. The van der Waals surface area contributed by atoms with E-state index < -0.39 is 0 Å². The van der Waals surface area contributed by atoms with Crippen molar-refractivity contribution in [2.75, 3.05) is 12.3 Å². The summed E-state index contributed by atoms with van der Waals surface area (Å²) in [4.78, 5) is 14.5. The van der Waals surface area contributed by atoms with E-state index in [1.54, 1.807) is 0 Å². The lowest BCUT2D eigenvalue weighted by Crippen LogP contribution is -2.44. The van der Waals surface area contributed by atoms with Crippen LogP contribution in [0.3, 0.4) is 0 Å². The lowest BCUT2D eigenvalue weighted by molar-refractivity contribution is -0.132. The summed E-state index contributed by atoms with van der Waals surface area (Å²) in [6.07, 6.45) is 4.42. The van der Waals surface area contributed by atoms with Crippen molar-refractivity contribution in [2.24, 2.45) is 0 Å². The van der Waals surface area contributed by atoms with Gasteiger partial charge in [0.05, 0.1) is 5.75 Å². The predicted octanol–water partition coefficient (Wildman–Crippen LogP) is 3.53. The third-order valence-electron chi connectivity index (χ3n) is 4.29. The number of amides is 1. The molecule has 1 saturated heterocycles. The van der Waals surface area contributed by atoms with Gasteiger partial charge in [-0.25, -0.2) is 0 Å². The number of benzene rings is 1.